The highest BCUT2D eigenvalue weighted by Crippen LogP contribution is 2.35. The van der Waals surface area contributed by atoms with E-state index in [0.29, 0.717) is 23.5 Å². The summed E-state index contributed by atoms with van der Waals surface area (Å²) in [4.78, 5) is 26.7. The molecule has 1 saturated heterocycles. The Hall–Kier alpha value is -2.50. The molecule has 30 heavy (non-hydrogen) atoms. The number of hydrogen-bond donors (Lipinski definition) is 0. The zero-order valence-electron chi connectivity index (χ0n) is 18.3. The van der Waals surface area contributed by atoms with E-state index < -0.39 is 5.97 Å². The van der Waals surface area contributed by atoms with Crippen molar-refractivity contribution in [3.05, 3.63) is 29.8 Å². The molecule has 0 spiro atoms. The molecule has 0 N–H and O–H groups in total. The lowest BCUT2D eigenvalue weighted by Crippen LogP contribution is -2.50. The summed E-state index contributed by atoms with van der Waals surface area (Å²) < 4.78 is 16.3. The van der Waals surface area contributed by atoms with Crippen molar-refractivity contribution in [1.82, 2.24) is 4.90 Å². The van der Waals surface area contributed by atoms with E-state index in [1.165, 1.54) is 31.8 Å². The van der Waals surface area contributed by atoms with Gasteiger partial charge in [0.05, 0.1) is 13.2 Å². The summed E-state index contributed by atoms with van der Waals surface area (Å²) in [6.07, 6.45) is 9.99. The lowest BCUT2D eigenvalue weighted by molar-refractivity contribution is -0.151. The van der Waals surface area contributed by atoms with Crippen molar-refractivity contribution in [3.8, 4) is 11.5 Å². The van der Waals surface area contributed by atoms with Gasteiger partial charge in [-0.2, -0.15) is 0 Å². The van der Waals surface area contributed by atoms with E-state index in [1.807, 2.05) is 30.9 Å². The Kier molecular flexibility index (Phi) is 7.77. The Labute approximate surface area is 179 Å². The summed E-state index contributed by atoms with van der Waals surface area (Å²) in [5.41, 5.74) is 0.785. The molecule has 0 unspecified atom stereocenters. The number of carbonyl (C=O) groups excluding carboxylic acids is 2. The minimum Gasteiger partial charge on any atom is -0.493 e. The van der Waals surface area contributed by atoms with Gasteiger partial charge in [-0.1, -0.05) is 18.9 Å². The number of hydrogen-bond acceptors (Lipinski definition) is 5. The fourth-order valence-electron chi connectivity index (χ4n) is 4.50. The molecular formula is C24H33NO5. The summed E-state index contributed by atoms with van der Waals surface area (Å²) in [6.45, 7) is 4.47. The second-order valence-corrected chi connectivity index (χ2v) is 8.36. The highest BCUT2D eigenvalue weighted by atomic mass is 16.5. The standard InChI is InChI=1S/C24H33NO5/c1-17(2)30-21-12-10-18(15-22(21)28-3)11-13-24(27)29-16-23(26)25-14-6-8-19-7-4-5-9-20(19)25/h10-13,15,17,19-20H,4-9,14,16H2,1-3H3/b13-11+/t19-,20-/m1/s1. The van der Waals surface area contributed by atoms with E-state index >= 15 is 0 Å². The van der Waals surface area contributed by atoms with E-state index in [0.717, 1.165) is 24.9 Å². The lowest BCUT2D eigenvalue weighted by atomic mass is 9.78. The van der Waals surface area contributed by atoms with Gasteiger partial charge in [0.15, 0.2) is 18.1 Å². The molecule has 1 saturated carbocycles. The average molecular weight is 416 g/mol. The predicted molar refractivity (Wildman–Crippen MR) is 115 cm³/mol. The Morgan fingerprint density at radius 2 is 1.90 bits per heavy atom. The monoisotopic (exact) mass is 415 g/mol. The van der Waals surface area contributed by atoms with Crippen molar-refractivity contribution in [2.24, 2.45) is 5.92 Å². The van der Waals surface area contributed by atoms with Crippen LogP contribution in [-0.4, -0.2) is 49.2 Å². The zero-order chi connectivity index (χ0) is 21.5. The van der Waals surface area contributed by atoms with E-state index in [1.54, 1.807) is 19.3 Å². The summed E-state index contributed by atoms with van der Waals surface area (Å²) in [5, 5.41) is 0. The molecule has 6 heteroatoms. The van der Waals surface area contributed by atoms with Crippen LogP contribution in [0.1, 0.15) is 57.9 Å². The molecule has 2 aliphatic rings. The fourth-order valence-corrected chi connectivity index (χ4v) is 4.50. The number of benzene rings is 1. The van der Waals surface area contributed by atoms with Gasteiger partial charge in [-0.25, -0.2) is 4.79 Å². The molecule has 6 nitrogen and oxygen atoms in total. The Bertz CT molecular complexity index is 771. The van der Waals surface area contributed by atoms with Crippen LogP contribution in [0.25, 0.3) is 6.08 Å². The van der Waals surface area contributed by atoms with Gasteiger partial charge in [0.25, 0.3) is 5.91 Å². The average Bonchev–Trinajstić information content (AvgIpc) is 2.75. The minimum atomic E-state index is -0.526. The maximum Gasteiger partial charge on any atom is 0.331 e. The number of piperidine rings is 1. The van der Waals surface area contributed by atoms with Crippen LogP contribution in [0, 0.1) is 5.92 Å². The second kappa shape index (κ2) is 10.5. The summed E-state index contributed by atoms with van der Waals surface area (Å²) >= 11 is 0. The van der Waals surface area contributed by atoms with Crippen LogP contribution in [0.3, 0.4) is 0 Å². The van der Waals surface area contributed by atoms with Crippen LogP contribution in [0.15, 0.2) is 24.3 Å². The molecule has 2 atom stereocenters. The molecule has 1 heterocycles. The lowest BCUT2D eigenvalue weighted by Gasteiger charge is -2.44. The first-order chi connectivity index (χ1) is 14.5. The fraction of sp³-hybridized carbons (Fsp3) is 0.583. The predicted octanol–water partition coefficient (Wildman–Crippen LogP) is 4.22. The first-order valence-corrected chi connectivity index (χ1v) is 11.0. The van der Waals surface area contributed by atoms with Gasteiger partial charge >= 0.3 is 5.97 Å². The molecule has 164 valence electrons. The molecule has 1 amide bonds. The van der Waals surface area contributed by atoms with Crippen LogP contribution in [-0.2, 0) is 14.3 Å². The Morgan fingerprint density at radius 3 is 2.67 bits per heavy atom. The molecule has 2 fully saturated rings. The summed E-state index contributed by atoms with van der Waals surface area (Å²) in [7, 11) is 1.58. The third-order valence-corrected chi connectivity index (χ3v) is 5.86. The van der Waals surface area contributed by atoms with E-state index in [-0.39, 0.29) is 18.6 Å². The Balaban J connectivity index is 1.52. The molecule has 1 aromatic carbocycles. The van der Waals surface area contributed by atoms with Gasteiger partial charge in [-0.3, -0.25) is 4.79 Å². The van der Waals surface area contributed by atoms with Crippen LogP contribution in [0.5, 0.6) is 11.5 Å². The second-order valence-electron chi connectivity index (χ2n) is 8.36. The number of ether oxygens (including phenoxy) is 3. The third-order valence-electron chi connectivity index (χ3n) is 5.86. The SMILES string of the molecule is COc1cc(/C=C/C(=O)OCC(=O)N2CCC[C@H]3CCCC[C@H]32)ccc1OC(C)C. The molecule has 0 aromatic heterocycles. The molecule has 1 aliphatic heterocycles. The van der Waals surface area contributed by atoms with Crippen LogP contribution >= 0.6 is 0 Å². The van der Waals surface area contributed by atoms with Crippen molar-refractivity contribution in [1.29, 1.82) is 0 Å². The first-order valence-electron chi connectivity index (χ1n) is 11.0. The molecule has 1 aromatic rings. The van der Waals surface area contributed by atoms with Crippen LogP contribution in [0.4, 0.5) is 0 Å². The molecular weight excluding hydrogens is 382 g/mol. The number of carbonyl (C=O) groups is 2. The van der Waals surface area contributed by atoms with E-state index in [4.69, 9.17) is 14.2 Å². The van der Waals surface area contributed by atoms with Gasteiger partial charge < -0.3 is 19.1 Å². The number of methoxy groups -OCH3 is 1. The first kappa shape index (κ1) is 22.2. The highest BCUT2D eigenvalue weighted by Gasteiger charge is 2.35. The number of likely N-dealkylation sites (tertiary alicyclic amines) is 1. The summed E-state index contributed by atoms with van der Waals surface area (Å²) in [6, 6.07) is 5.77. The number of esters is 1. The molecule has 3 rings (SSSR count). The largest absolute Gasteiger partial charge is 0.493 e. The molecule has 0 radical (unpaired) electrons. The molecule has 1 aliphatic carbocycles. The van der Waals surface area contributed by atoms with Crippen LogP contribution in [0.2, 0.25) is 0 Å². The van der Waals surface area contributed by atoms with Gasteiger partial charge in [-0.15, -0.1) is 0 Å². The maximum absolute atomic E-state index is 12.6. The topological polar surface area (TPSA) is 65.1 Å². The van der Waals surface area contributed by atoms with Gasteiger partial charge in [0, 0.05) is 18.7 Å². The van der Waals surface area contributed by atoms with E-state index in [9.17, 15) is 9.59 Å². The normalized spacial score (nSPS) is 21.4. The van der Waals surface area contributed by atoms with Crippen molar-refractivity contribution in [2.75, 3.05) is 20.3 Å². The molecule has 0 bridgehead atoms. The van der Waals surface area contributed by atoms with Gasteiger partial charge in [-0.05, 0) is 69.2 Å². The number of nitrogens with zero attached hydrogens (tertiary/aromatic N) is 1. The zero-order valence-corrected chi connectivity index (χ0v) is 18.3. The number of fused-ring (bicyclic) bond motifs is 1. The smallest absolute Gasteiger partial charge is 0.331 e. The maximum atomic E-state index is 12.6. The van der Waals surface area contributed by atoms with E-state index in [2.05, 4.69) is 0 Å². The van der Waals surface area contributed by atoms with Crippen LogP contribution < -0.4 is 9.47 Å². The van der Waals surface area contributed by atoms with Crippen molar-refractivity contribution >= 4 is 18.0 Å². The van der Waals surface area contributed by atoms with Crippen molar-refractivity contribution < 1.29 is 23.8 Å². The highest BCUT2D eigenvalue weighted by molar-refractivity contribution is 5.89. The van der Waals surface area contributed by atoms with Crippen molar-refractivity contribution in [2.45, 2.75) is 64.5 Å². The number of rotatable bonds is 7. The van der Waals surface area contributed by atoms with Gasteiger partial charge in [0.1, 0.15) is 0 Å². The Morgan fingerprint density at radius 1 is 1.13 bits per heavy atom. The minimum absolute atomic E-state index is 0.0385. The summed E-state index contributed by atoms with van der Waals surface area (Å²) in [5.74, 6) is 1.26. The van der Waals surface area contributed by atoms with Crippen molar-refractivity contribution in [3.63, 3.8) is 0 Å². The van der Waals surface area contributed by atoms with Gasteiger partial charge in [0.2, 0.25) is 0 Å². The quantitative estimate of drug-likeness (QED) is 0.493. The number of amides is 1. The third kappa shape index (κ3) is 5.77.